The van der Waals surface area contributed by atoms with Gasteiger partial charge in [-0.25, -0.2) is 9.97 Å². The summed E-state index contributed by atoms with van der Waals surface area (Å²) >= 11 is 0. The van der Waals surface area contributed by atoms with E-state index in [4.69, 9.17) is 15.2 Å². The van der Waals surface area contributed by atoms with Gasteiger partial charge in [0, 0.05) is 5.69 Å². The third-order valence-corrected chi connectivity index (χ3v) is 4.38. The summed E-state index contributed by atoms with van der Waals surface area (Å²) in [4.78, 5) is 8.54. The lowest BCUT2D eigenvalue weighted by molar-refractivity contribution is 0.309. The number of anilines is 5. The lowest BCUT2D eigenvalue weighted by Crippen LogP contribution is -2.06. The fourth-order valence-corrected chi connectivity index (χ4v) is 2.75. The van der Waals surface area contributed by atoms with Gasteiger partial charge in [0.2, 0.25) is 0 Å². The fraction of sp³-hybridized carbons (Fsp3) is 0.273. The second-order valence-corrected chi connectivity index (χ2v) is 6.66. The first-order valence-electron chi connectivity index (χ1n) is 9.62. The van der Waals surface area contributed by atoms with Crippen LogP contribution in [0.15, 0.2) is 48.8 Å². The predicted octanol–water partition coefficient (Wildman–Crippen LogP) is 5.04. The first kappa shape index (κ1) is 20.3. The zero-order valence-corrected chi connectivity index (χ0v) is 17.0. The second-order valence-electron chi connectivity index (χ2n) is 6.66. The Balaban J connectivity index is 1.74. The average Bonchev–Trinajstić information content (AvgIpc) is 2.72. The molecule has 0 unspecified atom stereocenters. The molecule has 0 bridgehead atoms. The maximum atomic E-state index is 6.30. The van der Waals surface area contributed by atoms with Gasteiger partial charge >= 0.3 is 0 Å². The molecule has 1 aromatic heterocycles. The predicted molar refractivity (Wildman–Crippen MR) is 118 cm³/mol. The number of unbranched alkanes of at least 4 members (excludes halogenated alkanes) is 1. The third-order valence-electron chi connectivity index (χ3n) is 4.38. The fourth-order valence-electron chi connectivity index (χ4n) is 2.75. The van der Waals surface area contributed by atoms with Gasteiger partial charge in [0.25, 0.3) is 0 Å². The Morgan fingerprint density at radius 1 is 1.00 bits per heavy atom. The number of rotatable bonds is 9. The summed E-state index contributed by atoms with van der Waals surface area (Å²) in [5, 5.41) is 6.47. The molecule has 0 saturated carbocycles. The Hall–Kier alpha value is -3.48. The van der Waals surface area contributed by atoms with Crippen molar-refractivity contribution in [3.05, 3.63) is 54.4 Å². The van der Waals surface area contributed by atoms with Gasteiger partial charge < -0.3 is 25.8 Å². The molecule has 0 aliphatic rings. The van der Waals surface area contributed by atoms with Crippen LogP contribution < -0.4 is 25.8 Å². The lowest BCUT2D eigenvalue weighted by Gasteiger charge is -2.15. The molecule has 0 amide bonds. The number of hydrogen-bond donors (Lipinski definition) is 3. The second kappa shape index (κ2) is 9.64. The Morgan fingerprint density at radius 3 is 2.41 bits per heavy atom. The Kier molecular flexibility index (Phi) is 6.73. The van der Waals surface area contributed by atoms with Crippen LogP contribution in [0.2, 0.25) is 0 Å². The number of ether oxygens (including phenoxy) is 2. The molecule has 0 aliphatic carbocycles. The van der Waals surface area contributed by atoms with Gasteiger partial charge in [-0.1, -0.05) is 19.4 Å². The van der Waals surface area contributed by atoms with E-state index in [-0.39, 0.29) is 0 Å². The molecule has 0 aliphatic heterocycles. The highest BCUT2D eigenvalue weighted by molar-refractivity contribution is 5.81. The molecule has 0 radical (unpaired) electrons. The van der Waals surface area contributed by atoms with E-state index >= 15 is 0 Å². The van der Waals surface area contributed by atoms with E-state index in [1.807, 2.05) is 49.4 Å². The van der Waals surface area contributed by atoms with Crippen molar-refractivity contribution in [3.63, 3.8) is 0 Å². The zero-order valence-electron chi connectivity index (χ0n) is 17.0. The lowest BCUT2D eigenvalue weighted by atomic mass is 10.2. The number of hydrogen-bond acceptors (Lipinski definition) is 7. The molecule has 2 aromatic carbocycles. The molecule has 0 spiro atoms. The summed E-state index contributed by atoms with van der Waals surface area (Å²) < 4.78 is 11.1. The SMILES string of the molecule is CCCCOc1ccc(Nc2ncnc(Nc3cc(C)ccc3OC)c2N)cc1. The van der Waals surface area contributed by atoms with Crippen LogP contribution >= 0.6 is 0 Å². The van der Waals surface area contributed by atoms with Gasteiger partial charge in [0.1, 0.15) is 23.5 Å². The molecule has 7 nitrogen and oxygen atoms in total. The van der Waals surface area contributed by atoms with Crippen LogP contribution in [0.3, 0.4) is 0 Å². The van der Waals surface area contributed by atoms with Crippen LogP contribution in [0.4, 0.5) is 28.7 Å². The van der Waals surface area contributed by atoms with E-state index in [2.05, 4.69) is 27.5 Å². The molecule has 3 rings (SSSR count). The molecule has 0 atom stereocenters. The van der Waals surface area contributed by atoms with Crippen molar-refractivity contribution in [2.75, 3.05) is 30.1 Å². The minimum absolute atomic E-state index is 0.416. The van der Waals surface area contributed by atoms with Crippen molar-refractivity contribution in [3.8, 4) is 11.5 Å². The van der Waals surface area contributed by atoms with E-state index in [1.165, 1.54) is 6.33 Å². The van der Waals surface area contributed by atoms with Gasteiger partial charge in [-0.2, -0.15) is 0 Å². The molecule has 4 N–H and O–H groups in total. The van der Waals surface area contributed by atoms with Gasteiger partial charge in [-0.15, -0.1) is 0 Å². The topological polar surface area (TPSA) is 94.3 Å². The standard InChI is InChI=1S/C22H27N5O2/c1-4-5-12-29-17-9-7-16(8-10-17)26-21-20(23)22(25-14-24-21)27-18-13-15(2)6-11-19(18)28-3/h6-11,13-14H,4-5,12,23H2,1-3H3,(H2,24,25,26,27). The van der Waals surface area contributed by atoms with E-state index in [1.54, 1.807) is 7.11 Å². The van der Waals surface area contributed by atoms with E-state index < -0.39 is 0 Å². The maximum absolute atomic E-state index is 6.30. The van der Waals surface area contributed by atoms with E-state index in [0.29, 0.717) is 23.1 Å². The summed E-state index contributed by atoms with van der Waals surface area (Å²) in [5.74, 6) is 2.58. The third kappa shape index (κ3) is 5.28. The molecule has 152 valence electrons. The van der Waals surface area contributed by atoms with Crippen molar-refractivity contribution in [1.29, 1.82) is 0 Å². The summed E-state index contributed by atoms with van der Waals surface area (Å²) in [6.07, 6.45) is 3.61. The molecule has 29 heavy (non-hydrogen) atoms. The Labute approximate surface area is 171 Å². The molecular weight excluding hydrogens is 366 g/mol. The van der Waals surface area contributed by atoms with E-state index in [0.717, 1.165) is 42.1 Å². The van der Waals surface area contributed by atoms with Crippen molar-refractivity contribution in [2.24, 2.45) is 0 Å². The number of aryl methyl sites for hydroxylation is 1. The first-order valence-corrected chi connectivity index (χ1v) is 9.62. The van der Waals surface area contributed by atoms with Crippen molar-refractivity contribution in [2.45, 2.75) is 26.7 Å². The minimum atomic E-state index is 0.416. The van der Waals surface area contributed by atoms with Crippen LogP contribution in [-0.2, 0) is 0 Å². The highest BCUT2D eigenvalue weighted by Gasteiger charge is 2.11. The number of nitrogens with two attached hydrogens (primary N) is 1. The minimum Gasteiger partial charge on any atom is -0.495 e. The quantitative estimate of drug-likeness (QED) is 0.438. The smallest absolute Gasteiger partial charge is 0.159 e. The van der Waals surface area contributed by atoms with Crippen LogP contribution in [-0.4, -0.2) is 23.7 Å². The number of aromatic nitrogens is 2. The normalized spacial score (nSPS) is 10.4. The summed E-state index contributed by atoms with van der Waals surface area (Å²) in [6, 6.07) is 13.6. The monoisotopic (exact) mass is 393 g/mol. The van der Waals surface area contributed by atoms with Crippen molar-refractivity contribution in [1.82, 2.24) is 9.97 Å². The summed E-state index contributed by atoms with van der Waals surface area (Å²) in [5.41, 5.74) is 9.47. The maximum Gasteiger partial charge on any atom is 0.159 e. The molecule has 1 heterocycles. The number of methoxy groups -OCH3 is 1. The highest BCUT2D eigenvalue weighted by atomic mass is 16.5. The average molecular weight is 393 g/mol. The molecule has 3 aromatic rings. The number of benzene rings is 2. The zero-order chi connectivity index (χ0) is 20.6. The summed E-state index contributed by atoms with van der Waals surface area (Å²) in [6.45, 7) is 4.87. The molecule has 0 saturated heterocycles. The largest absolute Gasteiger partial charge is 0.495 e. The summed E-state index contributed by atoms with van der Waals surface area (Å²) in [7, 11) is 1.63. The Bertz CT molecular complexity index is 944. The van der Waals surface area contributed by atoms with Crippen molar-refractivity contribution < 1.29 is 9.47 Å². The number of nitrogen functional groups attached to an aromatic ring is 1. The molecular formula is C22H27N5O2. The van der Waals surface area contributed by atoms with Gasteiger partial charge in [0.15, 0.2) is 11.6 Å². The van der Waals surface area contributed by atoms with Gasteiger partial charge in [-0.3, -0.25) is 0 Å². The first-order chi connectivity index (χ1) is 14.1. The molecule has 7 heteroatoms. The Morgan fingerprint density at radius 2 is 1.72 bits per heavy atom. The number of nitrogens with zero attached hydrogens (tertiary/aromatic N) is 2. The van der Waals surface area contributed by atoms with E-state index in [9.17, 15) is 0 Å². The molecule has 0 fully saturated rings. The number of nitrogens with one attached hydrogen (secondary N) is 2. The van der Waals surface area contributed by atoms with Crippen LogP contribution in [0, 0.1) is 6.92 Å². The van der Waals surface area contributed by atoms with Crippen LogP contribution in [0.5, 0.6) is 11.5 Å². The van der Waals surface area contributed by atoms with Crippen LogP contribution in [0.1, 0.15) is 25.3 Å². The van der Waals surface area contributed by atoms with Crippen LogP contribution in [0.25, 0.3) is 0 Å². The van der Waals surface area contributed by atoms with Gasteiger partial charge in [0.05, 0.1) is 19.4 Å². The highest BCUT2D eigenvalue weighted by Crippen LogP contribution is 2.32. The van der Waals surface area contributed by atoms with Crippen molar-refractivity contribution >= 4 is 28.7 Å². The van der Waals surface area contributed by atoms with Gasteiger partial charge in [-0.05, 0) is 55.3 Å².